The Hall–Kier alpha value is -3.28. The van der Waals surface area contributed by atoms with Crippen molar-refractivity contribution in [2.24, 2.45) is 5.92 Å². The highest BCUT2D eigenvalue weighted by atomic mass is 16.5. The normalized spacial score (nSPS) is 12.9. The van der Waals surface area contributed by atoms with Gasteiger partial charge in [0.1, 0.15) is 11.5 Å². The first-order chi connectivity index (χ1) is 15.8. The number of rotatable bonds is 10. The summed E-state index contributed by atoms with van der Waals surface area (Å²) in [5, 5.41) is 7.83. The van der Waals surface area contributed by atoms with Gasteiger partial charge >= 0.3 is 0 Å². The minimum absolute atomic E-state index is 0.0228. The Balaban J connectivity index is 1.89. The maximum Gasteiger partial charge on any atom is 0.272 e. The van der Waals surface area contributed by atoms with E-state index in [-0.39, 0.29) is 18.0 Å². The number of hydrogen-bond donors (Lipinski definition) is 1. The van der Waals surface area contributed by atoms with Crippen molar-refractivity contribution in [1.82, 2.24) is 15.1 Å². The highest BCUT2D eigenvalue weighted by molar-refractivity contribution is 5.94. The molecule has 3 aromatic rings. The van der Waals surface area contributed by atoms with E-state index in [0.29, 0.717) is 23.1 Å². The Bertz CT molecular complexity index is 1040. The van der Waals surface area contributed by atoms with Crippen LogP contribution in [0.3, 0.4) is 0 Å². The summed E-state index contributed by atoms with van der Waals surface area (Å²) in [4.78, 5) is 13.1. The fourth-order valence-corrected chi connectivity index (χ4v) is 3.79. The van der Waals surface area contributed by atoms with Crippen molar-refractivity contribution in [2.45, 2.75) is 52.6 Å². The third-order valence-electron chi connectivity index (χ3n) is 6.09. The van der Waals surface area contributed by atoms with Gasteiger partial charge in [-0.2, -0.15) is 5.10 Å². The van der Waals surface area contributed by atoms with Gasteiger partial charge in [-0.05, 0) is 56.4 Å². The topological polar surface area (TPSA) is 65.4 Å². The van der Waals surface area contributed by atoms with Crippen LogP contribution in [0, 0.1) is 5.92 Å². The Labute approximate surface area is 196 Å². The van der Waals surface area contributed by atoms with Crippen LogP contribution in [0.1, 0.15) is 56.2 Å². The van der Waals surface area contributed by atoms with E-state index in [1.165, 1.54) is 5.56 Å². The predicted octanol–water partition coefficient (Wildman–Crippen LogP) is 5.54. The molecule has 33 heavy (non-hydrogen) atoms. The summed E-state index contributed by atoms with van der Waals surface area (Å²) in [6, 6.07) is 17.9. The molecule has 1 heterocycles. The number of methoxy groups -OCH3 is 2. The molecule has 1 aromatic heterocycles. The van der Waals surface area contributed by atoms with Crippen LogP contribution >= 0.6 is 0 Å². The van der Waals surface area contributed by atoms with Crippen LogP contribution in [0.5, 0.6) is 11.5 Å². The van der Waals surface area contributed by atoms with Crippen molar-refractivity contribution < 1.29 is 14.3 Å². The van der Waals surface area contributed by atoms with Crippen LogP contribution < -0.4 is 14.8 Å². The Kier molecular flexibility index (Phi) is 8.15. The zero-order valence-corrected chi connectivity index (χ0v) is 20.5. The largest absolute Gasteiger partial charge is 0.496 e. The van der Waals surface area contributed by atoms with Gasteiger partial charge < -0.3 is 14.8 Å². The summed E-state index contributed by atoms with van der Waals surface area (Å²) in [6.07, 6.45) is 1.76. The minimum atomic E-state index is -0.180. The molecule has 0 bridgehead atoms. The third-order valence-corrected chi connectivity index (χ3v) is 6.09. The second kappa shape index (κ2) is 11.0. The molecule has 0 fully saturated rings. The second-order valence-corrected chi connectivity index (χ2v) is 8.78. The van der Waals surface area contributed by atoms with Gasteiger partial charge in [0, 0.05) is 6.04 Å². The van der Waals surface area contributed by atoms with Crippen LogP contribution in [0.4, 0.5) is 0 Å². The summed E-state index contributed by atoms with van der Waals surface area (Å²) in [6.45, 7) is 8.41. The molecule has 0 saturated carbocycles. The summed E-state index contributed by atoms with van der Waals surface area (Å²) >= 11 is 0. The molecule has 176 valence electrons. The van der Waals surface area contributed by atoms with Crippen LogP contribution in [-0.2, 0) is 6.42 Å². The molecule has 3 rings (SSSR count). The zero-order chi connectivity index (χ0) is 24.0. The maximum atomic E-state index is 13.1. The van der Waals surface area contributed by atoms with E-state index in [1.807, 2.05) is 54.1 Å². The Morgan fingerprint density at radius 3 is 2.18 bits per heavy atom. The maximum absolute atomic E-state index is 13.1. The van der Waals surface area contributed by atoms with Crippen molar-refractivity contribution in [2.75, 3.05) is 14.2 Å². The number of ether oxygens (including phenoxy) is 2. The SMILES string of the molecule is COc1cccc(OC)c1-c1cc(C(=O)N[C@H](C)CCc2ccccc2)nn1C(C)C(C)C. The molecule has 0 saturated heterocycles. The molecule has 2 aromatic carbocycles. The second-order valence-electron chi connectivity index (χ2n) is 8.78. The van der Waals surface area contributed by atoms with Crippen molar-refractivity contribution in [1.29, 1.82) is 0 Å². The Morgan fingerprint density at radius 2 is 1.61 bits per heavy atom. The average molecular weight is 450 g/mol. The van der Waals surface area contributed by atoms with Gasteiger partial charge in [0.25, 0.3) is 5.91 Å². The lowest BCUT2D eigenvalue weighted by Gasteiger charge is -2.21. The summed E-state index contributed by atoms with van der Waals surface area (Å²) in [5.74, 6) is 1.50. The third kappa shape index (κ3) is 5.75. The molecule has 2 atom stereocenters. The van der Waals surface area contributed by atoms with Gasteiger partial charge in [-0.15, -0.1) is 0 Å². The number of amides is 1. The van der Waals surface area contributed by atoms with E-state index in [4.69, 9.17) is 14.6 Å². The molecular formula is C27H35N3O3. The minimum Gasteiger partial charge on any atom is -0.496 e. The number of aryl methyl sites for hydroxylation is 1. The van der Waals surface area contributed by atoms with Gasteiger partial charge in [-0.25, -0.2) is 0 Å². The fourth-order valence-electron chi connectivity index (χ4n) is 3.79. The molecule has 0 radical (unpaired) electrons. The monoisotopic (exact) mass is 449 g/mol. The summed E-state index contributed by atoms with van der Waals surface area (Å²) in [7, 11) is 3.26. The van der Waals surface area contributed by atoms with Gasteiger partial charge in [0.05, 0.1) is 31.5 Å². The van der Waals surface area contributed by atoms with E-state index in [0.717, 1.165) is 24.1 Å². The summed E-state index contributed by atoms with van der Waals surface area (Å²) in [5.41, 5.74) is 3.24. The lowest BCUT2D eigenvalue weighted by atomic mass is 10.0. The van der Waals surface area contributed by atoms with Crippen molar-refractivity contribution in [3.8, 4) is 22.8 Å². The van der Waals surface area contributed by atoms with E-state index in [9.17, 15) is 4.79 Å². The van der Waals surface area contributed by atoms with Gasteiger partial charge in [0.2, 0.25) is 0 Å². The number of benzene rings is 2. The van der Waals surface area contributed by atoms with Crippen molar-refractivity contribution in [3.05, 3.63) is 65.9 Å². The first-order valence-corrected chi connectivity index (χ1v) is 11.5. The lowest BCUT2D eigenvalue weighted by Crippen LogP contribution is -2.33. The van der Waals surface area contributed by atoms with Crippen molar-refractivity contribution in [3.63, 3.8) is 0 Å². The van der Waals surface area contributed by atoms with Crippen LogP contribution in [0.25, 0.3) is 11.3 Å². The average Bonchev–Trinajstić information content (AvgIpc) is 3.27. The molecule has 0 aliphatic heterocycles. The first kappa shape index (κ1) is 24.4. The number of carbonyl (C=O) groups is 1. The lowest BCUT2D eigenvalue weighted by molar-refractivity contribution is 0.0932. The van der Waals surface area contributed by atoms with Crippen molar-refractivity contribution >= 4 is 5.91 Å². The number of hydrogen-bond acceptors (Lipinski definition) is 4. The molecule has 1 N–H and O–H groups in total. The zero-order valence-electron chi connectivity index (χ0n) is 20.5. The molecule has 6 heteroatoms. The van der Waals surface area contributed by atoms with E-state index < -0.39 is 0 Å². The first-order valence-electron chi connectivity index (χ1n) is 11.5. The quantitative estimate of drug-likeness (QED) is 0.442. The van der Waals surface area contributed by atoms with Crippen LogP contribution in [-0.4, -0.2) is 35.9 Å². The van der Waals surface area contributed by atoms with E-state index in [2.05, 4.69) is 38.2 Å². The highest BCUT2D eigenvalue weighted by Gasteiger charge is 2.25. The van der Waals surface area contributed by atoms with Gasteiger partial charge in [0.15, 0.2) is 5.69 Å². The molecule has 0 spiro atoms. The number of nitrogens with one attached hydrogen (secondary N) is 1. The molecule has 1 amide bonds. The van der Waals surface area contributed by atoms with E-state index >= 15 is 0 Å². The summed E-state index contributed by atoms with van der Waals surface area (Å²) < 4.78 is 13.2. The number of carbonyl (C=O) groups excluding carboxylic acids is 1. The number of aromatic nitrogens is 2. The number of nitrogens with zero attached hydrogens (tertiary/aromatic N) is 2. The Morgan fingerprint density at radius 1 is 0.970 bits per heavy atom. The van der Waals surface area contributed by atoms with Gasteiger partial charge in [-0.3, -0.25) is 9.48 Å². The van der Waals surface area contributed by atoms with Gasteiger partial charge in [-0.1, -0.05) is 50.2 Å². The van der Waals surface area contributed by atoms with E-state index in [1.54, 1.807) is 14.2 Å². The molecule has 0 aliphatic rings. The molecule has 1 unspecified atom stereocenters. The predicted molar refractivity (Wildman–Crippen MR) is 132 cm³/mol. The standard InChI is InChI=1S/C27H35N3O3/c1-18(2)20(4)30-23(26-24(32-5)13-10-14-25(26)33-6)17-22(29-30)27(31)28-19(3)15-16-21-11-8-7-9-12-21/h7-14,17-20H,15-16H2,1-6H3,(H,28,31)/t19-,20?/m1/s1. The smallest absolute Gasteiger partial charge is 0.272 e. The van der Waals surface area contributed by atoms with Crippen LogP contribution in [0.15, 0.2) is 54.6 Å². The molecule has 6 nitrogen and oxygen atoms in total. The molecular weight excluding hydrogens is 414 g/mol. The molecule has 0 aliphatic carbocycles. The van der Waals surface area contributed by atoms with Crippen LogP contribution in [0.2, 0.25) is 0 Å². The highest BCUT2D eigenvalue weighted by Crippen LogP contribution is 2.40. The fraction of sp³-hybridized carbons (Fsp3) is 0.407.